The van der Waals surface area contributed by atoms with Crippen molar-refractivity contribution >= 4 is 0 Å². The molecule has 1 unspecified atom stereocenters. The third kappa shape index (κ3) is 1.57. The molecule has 0 bridgehead atoms. The molecule has 0 heterocycles. The summed E-state index contributed by atoms with van der Waals surface area (Å²) >= 11 is 0. The number of hydrogen-bond acceptors (Lipinski definition) is 2. The van der Waals surface area contributed by atoms with Gasteiger partial charge < -0.3 is 10.8 Å². The van der Waals surface area contributed by atoms with Gasteiger partial charge >= 0.3 is 0 Å². The van der Waals surface area contributed by atoms with Crippen LogP contribution >= 0.6 is 0 Å². The molecule has 0 amide bonds. The van der Waals surface area contributed by atoms with Crippen molar-refractivity contribution in [1.82, 2.24) is 0 Å². The number of aliphatic hydroxyl groups excluding tert-OH is 1. The third-order valence-corrected chi connectivity index (χ3v) is 2.70. The van der Waals surface area contributed by atoms with Crippen LogP contribution in [-0.4, -0.2) is 17.8 Å². The fourth-order valence-corrected chi connectivity index (χ4v) is 1.67. The summed E-state index contributed by atoms with van der Waals surface area (Å²) in [5, 5.41) is 9.90. The van der Waals surface area contributed by atoms with Gasteiger partial charge in [0.2, 0.25) is 0 Å². The lowest BCUT2D eigenvalue weighted by molar-refractivity contribution is 0.00274. The van der Waals surface area contributed by atoms with Crippen LogP contribution in [0.2, 0.25) is 0 Å². The van der Waals surface area contributed by atoms with Gasteiger partial charge in [0.1, 0.15) is 0 Å². The molecule has 0 aromatic heterocycles. The minimum absolute atomic E-state index is 0.0180. The van der Waals surface area contributed by atoms with E-state index in [1.54, 1.807) is 0 Å². The molecule has 1 atom stereocenters. The van der Waals surface area contributed by atoms with Crippen molar-refractivity contribution in [3.05, 3.63) is 0 Å². The predicted molar refractivity (Wildman–Crippen MR) is 46.2 cm³/mol. The molecule has 1 fully saturated rings. The third-order valence-electron chi connectivity index (χ3n) is 2.70. The first-order chi connectivity index (χ1) is 4.92. The van der Waals surface area contributed by atoms with E-state index >= 15 is 0 Å². The summed E-state index contributed by atoms with van der Waals surface area (Å²) in [6, 6.07) is 0. The van der Waals surface area contributed by atoms with Crippen LogP contribution in [0.1, 0.15) is 33.6 Å². The Kier molecular flexibility index (Phi) is 2.01. The summed E-state index contributed by atoms with van der Waals surface area (Å²) in [5.41, 5.74) is 5.66. The number of hydrogen-bond donors (Lipinski definition) is 2. The molecule has 1 rings (SSSR count). The Morgan fingerprint density at radius 3 is 2.00 bits per heavy atom. The first kappa shape index (κ1) is 9.01. The molecule has 0 saturated heterocycles. The van der Waals surface area contributed by atoms with Gasteiger partial charge in [-0.2, -0.15) is 0 Å². The zero-order valence-electron chi connectivity index (χ0n) is 7.72. The summed E-state index contributed by atoms with van der Waals surface area (Å²) < 4.78 is 0. The quantitative estimate of drug-likeness (QED) is 0.631. The predicted octanol–water partition coefficient (Wildman–Crippen LogP) is 1.13. The molecule has 66 valence electrons. The van der Waals surface area contributed by atoms with E-state index < -0.39 is 0 Å². The van der Waals surface area contributed by atoms with Crippen LogP contribution in [0.3, 0.4) is 0 Å². The highest BCUT2D eigenvalue weighted by atomic mass is 16.3. The van der Waals surface area contributed by atoms with Crippen molar-refractivity contribution in [2.75, 3.05) is 6.54 Å². The summed E-state index contributed by atoms with van der Waals surface area (Å²) in [7, 11) is 0. The summed E-state index contributed by atoms with van der Waals surface area (Å²) in [6.45, 7) is 6.82. The fraction of sp³-hybridized carbons (Fsp3) is 1.00. The minimum atomic E-state index is -0.236. The van der Waals surface area contributed by atoms with Gasteiger partial charge in [0.15, 0.2) is 0 Å². The van der Waals surface area contributed by atoms with Gasteiger partial charge in [-0.1, -0.05) is 20.8 Å². The van der Waals surface area contributed by atoms with Crippen molar-refractivity contribution in [1.29, 1.82) is 0 Å². The molecule has 11 heavy (non-hydrogen) atoms. The number of aliphatic hydroxyl groups is 1. The molecule has 3 N–H and O–H groups in total. The van der Waals surface area contributed by atoms with E-state index in [1.165, 1.54) is 0 Å². The molecule has 2 nitrogen and oxygen atoms in total. The minimum Gasteiger partial charge on any atom is -0.392 e. The van der Waals surface area contributed by atoms with Gasteiger partial charge in [0.05, 0.1) is 6.10 Å². The van der Waals surface area contributed by atoms with E-state index in [2.05, 4.69) is 20.8 Å². The SMILES string of the molecule is CC(C)(C)C(O)C1(CN)CC1. The molecule has 1 aliphatic rings. The van der Waals surface area contributed by atoms with E-state index in [0.29, 0.717) is 6.54 Å². The van der Waals surface area contributed by atoms with Gasteiger partial charge in [-0.15, -0.1) is 0 Å². The van der Waals surface area contributed by atoms with Gasteiger partial charge in [-0.3, -0.25) is 0 Å². The summed E-state index contributed by atoms with van der Waals surface area (Å²) in [6.07, 6.45) is 1.96. The molecular formula is C9H19NO. The van der Waals surface area contributed by atoms with Crippen LogP contribution in [0.5, 0.6) is 0 Å². The van der Waals surface area contributed by atoms with E-state index in [1.807, 2.05) is 0 Å². The van der Waals surface area contributed by atoms with Gasteiger partial charge in [-0.25, -0.2) is 0 Å². The second-order valence-electron chi connectivity index (χ2n) is 4.84. The van der Waals surface area contributed by atoms with Gasteiger partial charge in [0, 0.05) is 12.0 Å². The standard InChI is InChI=1S/C9H19NO/c1-8(2,3)7(11)9(6-10)4-5-9/h7,11H,4-6,10H2,1-3H3. The van der Waals surface area contributed by atoms with E-state index in [9.17, 15) is 5.11 Å². The fourth-order valence-electron chi connectivity index (χ4n) is 1.67. The summed E-state index contributed by atoms with van der Waals surface area (Å²) in [4.78, 5) is 0. The zero-order valence-corrected chi connectivity index (χ0v) is 7.72. The molecule has 0 aromatic rings. The van der Waals surface area contributed by atoms with Crippen molar-refractivity contribution in [2.45, 2.75) is 39.7 Å². The monoisotopic (exact) mass is 157 g/mol. The molecule has 0 radical (unpaired) electrons. The first-order valence-electron chi connectivity index (χ1n) is 4.30. The van der Waals surface area contributed by atoms with Crippen LogP contribution in [0, 0.1) is 10.8 Å². The number of rotatable bonds is 2. The highest BCUT2D eigenvalue weighted by molar-refractivity contribution is 5.03. The molecule has 0 spiro atoms. The van der Waals surface area contributed by atoms with E-state index in [-0.39, 0.29) is 16.9 Å². The highest BCUT2D eigenvalue weighted by Crippen LogP contribution is 2.52. The zero-order chi connectivity index (χ0) is 8.70. The van der Waals surface area contributed by atoms with Crippen LogP contribution in [0.15, 0.2) is 0 Å². The molecule has 2 heteroatoms. The topological polar surface area (TPSA) is 46.2 Å². The Labute approximate surface area is 68.8 Å². The highest BCUT2D eigenvalue weighted by Gasteiger charge is 2.51. The molecule has 1 aliphatic carbocycles. The maximum atomic E-state index is 9.90. The smallest absolute Gasteiger partial charge is 0.0656 e. The normalized spacial score (nSPS) is 24.8. The largest absolute Gasteiger partial charge is 0.392 e. The van der Waals surface area contributed by atoms with Crippen molar-refractivity contribution in [3.8, 4) is 0 Å². The average Bonchev–Trinajstić information content (AvgIpc) is 2.64. The van der Waals surface area contributed by atoms with Crippen LogP contribution in [0.25, 0.3) is 0 Å². The molecule has 0 aliphatic heterocycles. The van der Waals surface area contributed by atoms with E-state index in [0.717, 1.165) is 12.8 Å². The van der Waals surface area contributed by atoms with Crippen LogP contribution < -0.4 is 5.73 Å². The Bertz CT molecular complexity index is 144. The average molecular weight is 157 g/mol. The molecule has 1 saturated carbocycles. The van der Waals surface area contributed by atoms with Crippen LogP contribution in [0.4, 0.5) is 0 Å². The summed E-state index contributed by atoms with van der Waals surface area (Å²) in [5.74, 6) is 0. The van der Waals surface area contributed by atoms with Crippen molar-refractivity contribution in [2.24, 2.45) is 16.6 Å². The van der Waals surface area contributed by atoms with Gasteiger partial charge in [-0.05, 0) is 18.3 Å². The Balaban J connectivity index is 2.61. The Morgan fingerprint density at radius 1 is 1.45 bits per heavy atom. The van der Waals surface area contributed by atoms with Crippen LogP contribution in [-0.2, 0) is 0 Å². The lowest BCUT2D eigenvalue weighted by Gasteiger charge is -2.32. The van der Waals surface area contributed by atoms with Gasteiger partial charge in [0.25, 0.3) is 0 Å². The Morgan fingerprint density at radius 2 is 1.91 bits per heavy atom. The van der Waals surface area contributed by atoms with E-state index in [4.69, 9.17) is 5.73 Å². The number of nitrogens with two attached hydrogens (primary N) is 1. The molecule has 0 aromatic carbocycles. The maximum absolute atomic E-state index is 9.90. The van der Waals surface area contributed by atoms with Crippen molar-refractivity contribution < 1.29 is 5.11 Å². The second kappa shape index (κ2) is 2.46. The molecular weight excluding hydrogens is 138 g/mol. The van der Waals surface area contributed by atoms with Crippen molar-refractivity contribution in [3.63, 3.8) is 0 Å². The second-order valence-corrected chi connectivity index (χ2v) is 4.84. The Hall–Kier alpha value is -0.0800. The first-order valence-corrected chi connectivity index (χ1v) is 4.30. The lowest BCUT2D eigenvalue weighted by atomic mass is 9.79. The lowest BCUT2D eigenvalue weighted by Crippen LogP contribution is -2.39. The maximum Gasteiger partial charge on any atom is 0.0656 e.